The summed E-state index contributed by atoms with van der Waals surface area (Å²) >= 11 is 0. The molecule has 0 saturated carbocycles. The van der Waals surface area contributed by atoms with E-state index in [0.717, 1.165) is 5.56 Å². The lowest BCUT2D eigenvalue weighted by Gasteiger charge is -2.34. The highest BCUT2D eigenvalue weighted by Gasteiger charge is 2.25. The van der Waals surface area contributed by atoms with Gasteiger partial charge in [-0.3, -0.25) is 14.9 Å². The van der Waals surface area contributed by atoms with E-state index in [4.69, 9.17) is 4.74 Å². The van der Waals surface area contributed by atoms with Crippen molar-refractivity contribution in [2.24, 2.45) is 0 Å². The highest BCUT2D eigenvalue weighted by Crippen LogP contribution is 2.21. The molecule has 9 nitrogen and oxygen atoms in total. The van der Waals surface area contributed by atoms with Gasteiger partial charge in [-0.1, -0.05) is 12.1 Å². The Morgan fingerprint density at radius 1 is 1.07 bits per heavy atom. The van der Waals surface area contributed by atoms with Crippen molar-refractivity contribution in [3.8, 4) is 5.75 Å². The number of hydrogen-bond donors (Lipinski definition) is 1. The number of nitrogens with one attached hydrogen (secondary N) is 1. The number of carbonyl (C=O) groups excluding carboxylic acids is 2. The van der Waals surface area contributed by atoms with Gasteiger partial charge in [0.05, 0.1) is 12.0 Å². The van der Waals surface area contributed by atoms with Gasteiger partial charge >= 0.3 is 6.03 Å². The molecule has 0 bridgehead atoms. The van der Waals surface area contributed by atoms with Crippen molar-refractivity contribution in [3.63, 3.8) is 0 Å². The van der Waals surface area contributed by atoms with Crippen LogP contribution in [0.5, 0.6) is 5.75 Å². The van der Waals surface area contributed by atoms with Crippen molar-refractivity contribution in [1.29, 1.82) is 0 Å². The second-order valence-electron chi connectivity index (χ2n) is 6.70. The van der Waals surface area contributed by atoms with Crippen molar-refractivity contribution >= 4 is 23.3 Å². The fourth-order valence-electron chi connectivity index (χ4n) is 3.15. The second-order valence-corrected chi connectivity index (χ2v) is 6.70. The molecule has 29 heavy (non-hydrogen) atoms. The number of urea groups is 1. The minimum Gasteiger partial charge on any atom is -0.496 e. The summed E-state index contributed by atoms with van der Waals surface area (Å²) in [5.74, 6) is 0.549. The number of piperazine rings is 1. The van der Waals surface area contributed by atoms with Gasteiger partial charge in [-0.05, 0) is 30.7 Å². The number of hydrogen-bond acceptors (Lipinski definition) is 5. The molecule has 0 aliphatic carbocycles. The molecule has 2 aromatic rings. The predicted molar refractivity (Wildman–Crippen MR) is 107 cm³/mol. The van der Waals surface area contributed by atoms with Gasteiger partial charge in [0.2, 0.25) is 0 Å². The van der Waals surface area contributed by atoms with Gasteiger partial charge < -0.3 is 19.9 Å². The fourth-order valence-corrected chi connectivity index (χ4v) is 3.15. The summed E-state index contributed by atoms with van der Waals surface area (Å²) in [5.41, 5.74) is 1.76. The number of rotatable bonds is 4. The lowest BCUT2D eigenvalue weighted by molar-refractivity contribution is -0.384. The van der Waals surface area contributed by atoms with E-state index < -0.39 is 4.92 Å². The van der Waals surface area contributed by atoms with Gasteiger partial charge in [0.1, 0.15) is 5.75 Å². The summed E-state index contributed by atoms with van der Waals surface area (Å²) in [5, 5.41) is 13.5. The number of amides is 3. The van der Waals surface area contributed by atoms with E-state index >= 15 is 0 Å². The van der Waals surface area contributed by atoms with Crippen molar-refractivity contribution in [2.75, 3.05) is 38.6 Å². The van der Waals surface area contributed by atoms with Crippen LogP contribution in [0.1, 0.15) is 15.9 Å². The first-order valence-corrected chi connectivity index (χ1v) is 9.13. The number of methoxy groups -OCH3 is 1. The first-order chi connectivity index (χ1) is 13.9. The maximum Gasteiger partial charge on any atom is 0.321 e. The van der Waals surface area contributed by atoms with Gasteiger partial charge in [-0.15, -0.1) is 0 Å². The van der Waals surface area contributed by atoms with E-state index in [1.165, 1.54) is 18.2 Å². The van der Waals surface area contributed by atoms with Gasteiger partial charge in [-0.25, -0.2) is 4.79 Å². The van der Waals surface area contributed by atoms with Crippen molar-refractivity contribution in [2.45, 2.75) is 6.92 Å². The highest BCUT2D eigenvalue weighted by atomic mass is 16.6. The minimum absolute atomic E-state index is 0.0910. The standard InChI is InChI=1S/C20H22N4O5/c1-14-6-7-15(12-18(14)29-2)19(25)22-8-10-23(11-9-22)20(26)21-16-4-3-5-17(13-16)24(27)28/h3-7,12-13H,8-11H2,1-2H3,(H,21,26). The number of anilines is 1. The summed E-state index contributed by atoms with van der Waals surface area (Å²) in [6.07, 6.45) is 0. The number of non-ortho nitro benzene ring substituents is 1. The number of aryl methyl sites for hydroxylation is 1. The summed E-state index contributed by atoms with van der Waals surface area (Å²) in [7, 11) is 1.56. The molecule has 9 heteroatoms. The van der Waals surface area contributed by atoms with E-state index in [1.54, 1.807) is 35.1 Å². The van der Waals surface area contributed by atoms with Crippen LogP contribution in [-0.4, -0.2) is 60.0 Å². The SMILES string of the molecule is COc1cc(C(=O)N2CCN(C(=O)Nc3cccc([N+](=O)[O-])c3)CC2)ccc1C. The molecule has 1 saturated heterocycles. The molecule has 0 unspecified atom stereocenters. The van der Waals surface area contributed by atoms with E-state index in [0.29, 0.717) is 43.2 Å². The molecule has 1 N–H and O–H groups in total. The summed E-state index contributed by atoms with van der Waals surface area (Å²) in [6.45, 7) is 3.45. The Balaban J connectivity index is 1.58. The predicted octanol–water partition coefficient (Wildman–Crippen LogP) is 2.90. The molecule has 0 spiro atoms. The lowest BCUT2D eigenvalue weighted by Crippen LogP contribution is -2.51. The minimum atomic E-state index is -0.514. The smallest absolute Gasteiger partial charge is 0.321 e. The molecule has 3 amide bonds. The number of nitro benzene ring substituents is 1. The molecule has 1 aliphatic rings. The zero-order valence-corrected chi connectivity index (χ0v) is 16.3. The monoisotopic (exact) mass is 398 g/mol. The average Bonchev–Trinajstić information content (AvgIpc) is 2.74. The van der Waals surface area contributed by atoms with E-state index in [1.807, 2.05) is 13.0 Å². The zero-order valence-electron chi connectivity index (χ0n) is 16.3. The van der Waals surface area contributed by atoms with Gasteiger partial charge in [0.25, 0.3) is 11.6 Å². The molecule has 1 heterocycles. The number of nitrogens with zero attached hydrogens (tertiary/aromatic N) is 3. The molecule has 3 rings (SSSR count). The Kier molecular flexibility index (Phi) is 5.96. The molecule has 152 valence electrons. The zero-order chi connectivity index (χ0) is 21.0. The number of carbonyl (C=O) groups is 2. The van der Waals surface area contributed by atoms with Crippen LogP contribution in [0.4, 0.5) is 16.2 Å². The van der Waals surface area contributed by atoms with E-state index in [-0.39, 0.29) is 17.6 Å². The first kappa shape index (κ1) is 20.1. The third kappa shape index (κ3) is 4.63. The van der Waals surface area contributed by atoms with Crippen LogP contribution in [0.25, 0.3) is 0 Å². The van der Waals surface area contributed by atoms with Gasteiger partial charge in [-0.2, -0.15) is 0 Å². The third-order valence-electron chi connectivity index (χ3n) is 4.82. The average molecular weight is 398 g/mol. The molecule has 1 aliphatic heterocycles. The molecular formula is C20H22N4O5. The number of nitro groups is 1. The van der Waals surface area contributed by atoms with Crippen LogP contribution in [0, 0.1) is 17.0 Å². The Morgan fingerprint density at radius 2 is 1.76 bits per heavy atom. The van der Waals surface area contributed by atoms with Crippen LogP contribution >= 0.6 is 0 Å². The topological polar surface area (TPSA) is 105 Å². The molecule has 0 atom stereocenters. The molecule has 2 aromatic carbocycles. The largest absolute Gasteiger partial charge is 0.496 e. The Labute approximate surface area is 168 Å². The van der Waals surface area contributed by atoms with Crippen molar-refractivity contribution in [3.05, 3.63) is 63.7 Å². The highest BCUT2D eigenvalue weighted by molar-refractivity contribution is 5.95. The molecule has 0 radical (unpaired) electrons. The van der Waals surface area contributed by atoms with E-state index in [2.05, 4.69) is 5.32 Å². The number of ether oxygens (including phenoxy) is 1. The Bertz CT molecular complexity index is 938. The molecule has 0 aromatic heterocycles. The Morgan fingerprint density at radius 3 is 2.41 bits per heavy atom. The number of benzene rings is 2. The van der Waals surface area contributed by atoms with Crippen LogP contribution in [0.15, 0.2) is 42.5 Å². The van der Waals surface area contributed by atoms with Crippen molar-refractivity contribution in [1.82, 2.24) is 9.80 Å². The van der Waals surface area contributed by atoms with Crippen LogP contribution in [0.3, 0.4) is 0 Å². The van der Waals surface area contributed by atoms with Gasteiger partial charge in [0, 0.05) is 49.6 Å². The first-order valence-electron chi connectivity index (χ1n) is 9.13. The maximum atomic E-state index is 12.7. The normalized spacial score (nSPS) is 13.7. The van der Waals surface area contributed by atoms with Crippen LogP contribution in [0.2, 0.25) is 0 Å². The lowest BCUT2D eigenvalue weighted by atomic mass is 10.1. The molecule has 1 fully saturated rings. The summed E-state index contributed by atoms with van der Waals surface area (Å²) in [4.78, 5) is 38.8. The second kappa shape index (κ2) is 8.59. The quantitative estimate of drug-likeness (QED) is 0.630. The maximum absolute atomic E-state index is 12.7. The van der Waals surface area contributed by atoms with Crippen molar-refractivity contribution < 1.29 is 19.2 Å². The van der Waals surface area contributed by atoms with Crippen LogP contribution in [-0.2, 0) is 0 Å². The fraction of sp³-hybridized carbons (Fsp3) is 0.300. The third-order valence-corrected chi connectivity index (χ3v) is 4.82. The summed E-state index contributed by atoms with van der Waals surface area (Å²) < 4.78 is 5.28. The van der Waals surface area contributed by atoms with E-state index in [9.17, 15) is 19.7 Å². The Hall–Kier alpha value is -3.62. The van der Waals surface area contributed by atoms with Crippen LogP contribution < -0.4 is 10.1 Å². The summed E-state index contributed by atoms with van der Waals surface area (Å²) in [6, 6.07) is 10.8. The van der Waals surface area contributed by atoms with Gasteiger partial charge in [0.15, 0.2) is 0 Å². The molecular weight excluding hydrogens is 376 g/mol.